The van der Waals surface area contributed by atoms with E-state index in [1.54, 1.807) is 0 Å². The Balaban J connectivity index is 2.58. The second-order valence-corrected chi connectivity index (χ2v) is 4.80. The van der Waals surface area contributed by atoms with Crippen LogP contribution >= 0.6 is 0 Å². The van der Waals surface area contributed by atoms with Crippen LogP contribution in [0.2, 0.25) is 0 Å². The number of ether oxygens (including phenoxy) is 1. The summed E-state index contributed by atoms with van der Waals surface area (Å²) in [5.41, 5.74) is 5.06. The van der Waals surface area contributed by atoms with E-state index in [-0.39, 0.29) is 6.10 Å². The van der Waals surface area contributed by atoms with Crippen LogP contribution in [0.5, 0.6) is 0 Å². The minimum Gasteiger partial charge on any atom is -0.446 e. The quantitative estimate of drug-likeness (QED) is 0.743. The summed E-state index contributed by atoms with van der Waals surface area (Å²) in [4.78, 5) is 10.7. The lowest BCUT2D eigenvalue weighted by Gasteiger charge is -2.36. The molecule has 0 aliphatic heterocycles. The van der Waals surface area contributed by atoms with Crippen LogP contribution in [0.1, 0.15) is 40.0 Å². The van der Waals surface area contributed by atoms with E-state index in [4.69, 9.17) is 10.5 Å². The SMILES string of the molecule is CC1CCC(OC(N)=O)C(C(C)C)C1. The first-order valence-corrected chi connectivity index (χ1v) is 5.46. The maximum Gasteiger partial charge on any atom is 0.404 e. The standard InChI is InChI=1S/C11H21NO2/c1-7(2)9-6-8(3)4-5-10(9)14-11(12)13/h7-10H,4-6H2,1-3H3,(H2,12,13). The fourth-order valence-electron chi connectivity index (χ4n) is 2.39. The third-order valence-corrected chi connectivity index (χ3v) is 3.22. The molecule has 1 saturated carbocycles. The Labute approximate surface area is 86.0 Å². The Kier molecular flexibility index (Phi) is 3.78. The van der Waals surface area contributed by atoms with Gasteiger partial charge in [0, 0.05) is 0 Å². The van der Waals surface area contributed by atoms with Gasteiger partial charge in [0.1, 0.15) is 6.10 Å². The van der Waals surface area contributed by atoms with Gasteiger partial charge in [-0.2, -0.15) is 0 Å². The maximum atomic E-state index is 10.7. The average molecular weight is 199 g/mol. The summed E-state index contributed by atoms with van der Waals surface area (Å²) >= 11 is 0. The normalized spacial score (nSPS) is 33.0. The Morgan fingerprint density at radius 3 is 2.57 bits per heavy atom. The summed E-state index contributed by atoms with van der Waals surface area (Å²) in [7, 11) is 0. The summed E-state index contributed by atoms with van der Waals surface area (Å²) in [5, 5.41) is 0. The van der Waals surface area contributed by atoms with Crippen molar-refractivity contribution >= 4 is 6.09 Å². The third kappa shape index (κ3) is 2.89. The molecule has 0 aromatic carbocycles. The van der Waals surface area contributed by atoms with E-state index in [1.165, 1.54) is 0 Å². The van der Waals surface area contributed by atoms with Gasteiger partial charge in [-0.1, -0.05) is 20.8 Å². The van der Waals surface area contributed by atoms with Gasteiger partial charge in [0.25, 0.3) is 0 Å². The highest BCUT2D eigenvalue weighted by Gasteiger charge is 2.32. The Bertz CT molecular complexity index is 203. The van der Waals surface area contributed by atoms with E-state index < -0.39 is 6.09 Å². The highest BCUT2D eigenvalue weighted by molar-refractivity contribution is 5.64. The number of hydrogen-bond donors (Lipinski definition) is 1. The molecular weight excluding hydrogens is 178 g/mol. The van der Waals surface area contributed by atoms with Gasteiger partial charge in [0.05, 0.1) is 0 Å². The third-order valence-electron chi connectivity index (χ3n) is 3.22. The van der Waals surface area contributed by atoms with Crippen molar-refractivity contribution in [1.29, 1.82) is 0 Å². The van der Waals surface area contributed by atoms with Crippen LogP contribution in [-0.2, 0) is 4.74 Å². The molecule has 0 aromatic rings. The smallest absolute Gasteiger partial charge is 0.404 e. The number of primary amides is 1. The molecule has 14 heavy (non-hydrogen) atoms. The van der Waals surface area contributed by atoms with Crippen molar-refractivity contribution in [2.45, 2.75) is 46.1 Å². The molecule has 3 heteroatoms. The highest BCUT2D eigenvalue weighted by Crippen LogP contribution is 2.35. The summed E-state index contributed by atoms with van der Waals surface area (Å²) in [6, 6.07) is 0. The molecule has 1 aliphatic carbocycles. The van der Waals surface area contributed by atoms with E-state index in [2.05, 4.69) is 20.8 Å². The maximum absolute atomic E-state index is 10.7. The van der Waals surface area contributed by atoms with Gasteiger partial charge in [-0.05, 0) is 37.0 Å². The lowest BCUT2D eigenvalue weighted by molar-refractivity contribution is 0.0120. The number of rotatable bonds is 2. The molecule has 1 amide bonds. The Hall–Kier alpha value is -0.730. The number of carbonyl (C=O) groups excluding carboxylic acids is 1. The minimum absolute atomic E-state index is 0.0451. The van der Waals surface area contributed by atoms with Gasteiger partial charge in [-0.25, -0.2) is 4.79 Å². The summed E-state index contributed by atoms with van der Waals surface area (Å²) in [5.74, 6) is 1.78. The molecule has 1 rings (SSSR count). The molecule has 0 spiro atoms. The lowest BCUT2D eigenvalue weighted by Crippen LogP contribution is -2.37. The first-order chi connectivity index (χ1) is 6.50. The molecule has 0 radical (unpaired) electrons. The number of amides is 1. The lowest BCUT2D eigenvalue weighted by atomic mass is 9.75. The fourth-order valence-corrected chi connectivity index (χ4v) is 2.39. The van der Waals surface area contributed by atoms with E-state index in [1.807, 2.05) is 0 Å². The predicted molar refractivity (Wildman–Crippen MR) is 55.8 cm³/mol. The topological polar surface area (TPSA) is 52.3 Å². The van der Waals surface area contributed by atoms with Gasteiger partial charge in [0.15, 0.2) is 0 Å². The molecule has 1 aliphatic rings. The molecule has 0 aromatic heterocycles. The molecular formula is C11H21NO2. The minimum atomic E-state index is -0.629. The highest BCUT2D eigenvalue weighted by atomic mass is 16.6. The molecule has 3 unspecified atom stereocenters. The second-order valence-electron chi connectivity index (χ2n) is 4.80. The van der Waals surface area contributed by atoms with Gasteiger partial charge in [0.2, 0.25) is 0 Å². The monoisotopic (exact) mass is 199 g/mol. The Morgan fingerprint density at radius 2 is 2.07 bits per heavy atom. The number of nitrogens with two attached hydrogens (primary N) is 1. The van der Waals surface area contributed by atoms with Crippen LogP contribution in [0.15, 0.2) is 0 Å². The van der Waals surface area contributed by atoms with Crippen LogP contribution in [0.4, 0.5) is 4.79 Å². The van der Waals surface area contributed by atoms with Crippen LogP contribution in [0.3, 0.4) is 0 Å². The zero-order valence-corrected chi connectivity index (χ0v) is 9.32. The van der Waals surface area contributed by atoms with E-state index in [0.29, 0.717) is 11.8 Å². The number of carbonyl (C=O) groups is 1. The number of hydrogen-bond acceptors (Lipinski definition) is 2. The van der Waals surface area contributed by atoms with Gasteiger partial charge in [-0.3, -0.25) is 0 Å². The van der Waals surface area contributed by atoms with Gasteiger partial charge < -0.3 is 10.5 Å². The fraction of sp³-hybridized carbons (Fsp3) is 0.909. The van der Waals surface area contributed by atoms with Crippen LogP contribution < -0.4 is 5.73 Å². The van der Waals surface area contributed by atoms with Crippen LogP contribution in [0, 0.1) is 17.8 Å². The average Bonchev–Trinajstić information content (AvgIpc) is 2.07. The summed E-state index contributed by atoms with van der Waals surface area (Å²) in [6.45, 7) is 6.62. The van der Waals surface area contributed by atoms with Gasteiger partial charge >= 0.3 is 6.09 Å². The van der Waals surface area contributed by atoms with E-state index >= 15 is 0 Å². The van der Waals surface area contributed by atoms with Crippen LogP contribution in [-0.4, -0.2) is 12.2 Å². The molecule has 1 fully saturated rings. The predicted octanol–water partition coefficient (Wildman–Crippen LogP) is 2.54. The molecule has 82 valence electrons. The van der Waals surface area contributed by atoms with Crippen molar-refractivity contribution in [3.63, 3.8) is 0 Å². The van der Waals surface area contributed by atoms with Crippen molar-refractivity contribution in [3.8, 4) is 0 Å². The van der Waals surface area contributed by atoms with Gasteiger partial charge in [-0.15, -0.1) is 0 Å². The van der Waals surface area contributed by atoms with E-state index in [0.717, 1.165) is 25.2 Å². The van der Waals surface area contributed by atoms with Crippen molar-refractivity contribution in [1.82, 2.24) is 0 Å². The molecule has 3 nitrogen and oxygen atoms in total. The first-order valence-electron chi connectivity index (χ1n) is 5.46. The van der Waals surface area contributed by atoms with Crippen molar-refractivity contribution < 1.29 is 9.53 Å². The molecule has 0 heterocycles. The van der Waals surface area contributed by atoms with E-state index in [9.17, 15) is 4.79 Å². The Morgan fingerprint density at radius 1 is 1.43 bits per heavy atom. The summed E-state index contributed by atoms with van der Waals surface area (Å²) in [6.07, 6.45) is 2.67. The zero-order chi connectivity index (χ0) is 10.7. The van der Waals surface area contributed by atoms with Crippen molar-refractivity contribution in [2.24, 2.45) is 23.5 Å². The molecule has 3 atom stereocenters. The first kappa shape index (κ1) is 11.3. The largest absolute Gasteiger partial charge is 0.446 e. The van der Waals surface area contributed by atoms with Crippen molar-refractivity contribution in [2.75, 3.05) is 0 Å². The zero-order valence-electron chi connectivity index (χ0n) is 9.32. The molecule has 2 N–H and O–H groups in total. The second kappa shape index (κ2) is 4.67. The molecule has 0 bridgehead atoms. The molecule has 0 saturated heterocycles. The van der Waals surface area contributed by atoms with Crippen molar-refractivity contribution in [3.05, 3.63) is 0 Å². The van der Waals surface area contributed by atoms with Crippen LogP contribution in [0.25, 0.3) is 0 Å². The summed E-state index contributed by atoms with van der Waals surface area (Å²) < 4.78 is 5.15.